The van der Waals surface area contributed by atoms with Crippen LogP contribution in [0.2, 0.25) is 0 Å². The quantitative estimate of drug-likeness (QED) is 0.621. The van der Waals surface area contributed by atoms with Gasteiger partial charge in [-0.15, -0.1) is 24.7 Å². The Morgan fingerprint density at radius 3 is 1.67 bits per heavy atom. The first-order chi connectivity index (χ1) is 5.86. The van der Waals surface area contributed by atoms with E-state index in [0.29, 0.717) is 10.5 Å². The highest BCUT2D eigenvalue weighted by atomic mass is 32.2. The highest BCUT2D eigenvalue weighted by Crippen LogP contribution is 2.32. The average molecular weight is 196 g/mol. The first kappa shape index (κ1) is 9.90. The van der Waals surface area contributed by atoms with Gasteiger partial charge in [-0.2, -0.15) is 23.5 Å². The Labute approximate surface area is 83.3 Å². The van der Waals surface area contributed by atoms with E-state index in [9.17, 15) is 0 Å². The van der Waals surface area contributed by atoms with Crippen LogP contribution in [-0.2, 0) is 0 Å². The fourth-order valence-electron chi connectivity index (χ4n) is 1.08. The molecule has 0 aromatic rings. The van der Waals surface area contributed by atoms with Crippen molar-refractivity contribution in [1.82, 2.24) is 0 Å². The van der Waals surface area contributed by atoms with Gasteiger partial charge in [0.2, 0.25) is 0 Å². The predicted octanol–water partition coefficient (Wildman–Crippen LogP) is 2.25. The maximum atomic E-state index is 5.25. The summed E-state index contributed by atoms with van der Waals surface area (Å²) < 4.78 is 0. The molecule has 2 atom stereocenters. The van der Waals surface area contributed by atoms with E-state index in [0.717, 1.165) is 12.8 Å². The SMILES string of the molecule is C#CCC1CSC(CC#C)CS1. The smallest absolute Gasteiger partial charge is 0.0248 e. The summed E-state index contributed by atoms with van der Waals surface area (Å²) in [5.41, 5.74) is 0. The molecular formula is C10H12S2. The van der Waals surface area contributed by atoms with Crippen LogP contribution in [0.3, 0.4) is 0 Å². The Morgan fingerprint density at radius 2 is 1.42 bits per heavy atom. The van der Waals surface area contributed by atoms with Crippen LogP contribution in [-0.4, -0.2) is 22.0 Å². The molecule has 1 aliphatic rings. The van der Waals surface area contributed by atoms with Crippen LogP contribution in [0, 0.1) is 24.7 Å². The Hall–Kier alpha value is -0.180. The molecule has 1 heterocycles. The van der Waals surface area contributed by atoms with Gasteiger partial charge in [0.25, 0.3) is 0 Å². The third kappa shape index (κ3) is 3.05. The molecule has 12 heavy (non-hydrogen) atoms. The molecule has 0 N–H and O–H groups in total. The van der Waals surface area contributed by atoms with Crippen LogP contribution in [0.5, 0.6) is 0 Å². The van der Waals surface area contributed by atoms with Gasteiger partial charge in [0, 0.05) is 34.8 Å². The topological polar surface area (TPSA) is 0 Å². The van der Waals surface area contributed by atoms with E-state index in [2.05, 4.69) is 11.8 Å². The van der Waals surface area contributed by atoms with E-state index in [4.69, 9.17) is 12.8 Å². The summed E-state index contributed by atoms with van der Waals surface area (Å²) in [6.45, 7) is 0. The third-order valence-electron chi connectivity index (χ3n) is 1.73. The molecule has 1 saturated heterocycles. The summed E-state index contributed by atoms with van der Waals surface area (Å²) in [4.78, 5) is 0. The predicted molar refractivity (Wildman–Crippen MR) is 59.4 cm³/mol. The van der Waals surface area contributed by atoms with E-state index in [1.807, 2.05) is 23.5 Å². The summed E-state index contributed by atoms with van der Waals surface area (Å²) in [6, 6.07) is 0. The van der Waals surface area contributed by atoms with Gasteiger partial charge in [-0.25, -0.2) is 0 Å². The van der Waals surface area contributed by atoms with Gasteiger partial charge in [-0.05, 0) is 0 Å². The van der Waals surface area contributed by atoms with Crippen molar-refractivity contribution in [2.24, 2.45) is 0 Å². The zero-order valence-electron chi connectivity index (χ0n) is 6.95. The van der Waals surface area contributed by atoms with Crippen LogP contribution < -0.4 is 0 Å². The largest absolute Gasteiger partial charge is 0.156 e. The van der Waals surface area contributed by atoms with Crippen LogP contribution in [0.4, 0.5) is 0 Å². The number of hydrogen-bond acceptors (Lipinski definition) is 2. The molecule has 1 fully saturated rings. The summed E-state index contributed by atoms with van der Waals surface area (Å²) in [5, 5.41) is 1.32. The van der Waals surface area contributed by atoms with Gasteiger partial charge in [-0.1, -0.05) is 0 Å². The maximum Gasteiger partial charge on any atom is 0.0248 e. The van der Waals surface area contributed by atoms with Crippen molar-refractivity contribution in [2.75, 3.05) is 11.5 Å². The minimum atomic E-state index is 0.661. The van der Waals surface area contributed by atoms with Gasteiger partial charge < -0.3 is 0 Å². The average Bonchev–Trinajstić information content (AvgIpc) is 2.09. The second-order valence-electron chi connectivity index (χ2n) is 2.73. The lowest BCUT2D eigenvalue weighted by molar-refractivity contribution is 0.949. The number of rotatable bonds is 2. The molecule has 0 aliphatic carbocycles. The van der Waals surface area contributed by atoms with Crippen molar-refractivity contribution in [3.05, 3.63) is 0 Å². The Kier molecular flexibility index (Phi) is 4.51. The molecule has 0 saturated carbocycles. The number of terminal acetylenes is 2. The van der Waals surface area contributed by atoms with Crippen molar-refractivity contribution < 1.29 is 0 Å². The molecule has 1 rings (SSSR count). The monoisotopic (exact) mass is 196 g/mol. The van der Waals surface area contributed by atoms with Crippen LogP contribution in [0.15, 0.2) is 0 Å². The van der Waals surface area contributed by atoms with Gasteiger partial charge >= 0.3 is 0 Å². The lowest BCUT2D eigenvalue weighted by Gasteiger charge is -2.25. The minimum Gasteiger partial charge on any atom is -0.156 e. The van der Waals surface area contributed by atoms with Gasteiger partial charge in [0.05, 0.1) is 0 Å². The third-order valence-corrected chi connectivity index (χ3v) is 4.95. The Bertz CT molecular complexity index is 177. The zero-order chi connectivity index (χ0) is 8.81. The molecule has 0 amide bonds. The van der Waals surface area contributed by atoms with E-state index < -0.39 is 0 Å². The first-order valence-electron chi connectivity index (χ1n) is 3.97. The molecule has 0 radical (unpaired) electrons. The lowest BCUT2D eigenvalue weighted by Crippen LogP contribution is -2.20. The Morgan fingerprint density at radius 1 is 1.00 bits per heavy atom. The number of hydrogen-bond donors (Lipinski definition) is 0. The van der Waals surface area contributed by atoms with Crippen molar-refractivity contribution in [3.63, 3.8) is 0 Å². The Balaban J connectivity index is 2.22. The highest BCUT2D eigenvalue weighted by Gasteiger charge is 2.20. The fourth-order valence-corrected chi connectivity index (χ4v) is 3.96. The van der Waals surface area contributed by atoms with Crippen molar-refractivity contribution in [3.8, 4) is 24.7 Å². The molecular weight excluding hydrogens is 184 g/mol. The van der Waals surface area contributed by atoms with Crippen LogP contribution in [0.1, 0.15) is 12.8 Å². The molecule has 2 heteroatoms. The molecule has 64 valence electrons. The van der Waals surface area contributed by atoms with Crippen molar-refractivity contribution >= 4 is 23.5 Å². The van der Waals surface area contributed by atoms with Crippen molar-refractivity contribution in [2.45, 2.75) is 23.3 Å². The summed E-state index contributed by atoms with van der Waals surface area (Å²) in [6.07, 6.45) is 12.3. The second-order valence-corrected chi connectivity index (χ2v) is 5.39. The van der Waals surface area contributed by atoms with Gasteiger partial charge in [0.15, 0.2) is 0 Å². The maximum absolute atomic E-state index is 5.25. The molecule has 0 nitrogen and oxygen atoms in total. The van der Waals surface area contributed by atoms with Gasteiger partial charge in [0.1, 0.15) is 0 Å². The molecule has 2 unspecified atom stereocenters. The number of thioether (sulfide) groups is 2. The van der Waals surface area contributed by atoms with Crippen molar-refractivity contribution in [1.29, 1.82) is 0 Å². The highest BCUT2D eigenvalue weighted by molar-refractivity contribution is 8.07. The summed E-state index contributed by atoms with van der Waals surface area (Å²) >= 11 is 3.95. The molecule has 0 spiro atoms. The molecule has 0 bridgehead atoms. The van der Waals surface area contributed by atoms with E-state index in [1.165, 1.54) is 11.5 Å². The minimum absolute atomic E-state index is 0.661. The zero-order valence-corrected chi connectivity index (χ0v) is 8.59. The van der Waals surface area contributed by atoms with Gasteiger partial charge in [-0.3, -0.25) is 0 Å². The normalized spacial score (nSPS) is 28.8. The summed E-state index contributed by atoms with van der Waals surface area (Å²) in [7, 11) is 0. The molecule has 1 aliphatic heterocycles. The fraction of sp³-hybridized carbons (Fsp3) is 0.600. The molecule has 0 aromatic heterocycles. The lowest BCUT2D eigenvalue weighted by atomic mass is 10.3. The van der Waals surface area contributed by atoms with E-state index >= 15 is 0 Å². The molecule has 0 aromatic carbocycles. The first-order valence-corrected chi connectivity index (χ1v) is 6.06. The van der Waals surface area contributed by atoms with Crippen LogP contribution >= 0.6 is 23.5 Å². The second kappa shape index (κ2) is 5.46. The van der Waals surface area contributed by atoms with E-state index in [1.54, 1.807) is 0 Å². The standard InChI is InChI=1S/C10H12S2/c1-3-5-9-7-12-10(6-4-2)8-11-9/h1-2,9-10H,5-8H2. The summed E-state index contributed by atoms with van der Waals surface area (Å²) in [5.74, 6) is 7.76. The van der Waals surface area contributed by atoms with Crippen LogP contribution in [0.25, 0.3) is 0 Å². The van der Waals surface area contributed by atoms with E-state index in [-0.39, 0.29) is 0 Å².